The van der Waals surface area contributed by atoms with E-state index in [2.05, 4.69) is 14.9 Å². The van der Waals surface area contributed by atoms with Crippen molar-refractivity contribution in [2.75, 3.05) is 14.1 Å². The molecule has 0 N–H and O–H groups in total. The minimum absolute atomic E-state index is 0.0328. The average molecular weight is 441 g/mol. The number of rotatable bonds is 8. The fraction of sp³-hybridized carbons (Fsp3) is 0.222. The topological polar surface area (TPSA) is 85.5 Å². The zero-order chi connectivity index (χ0) is 21.0. The lowest BCUT2D eigenvalue weighted by Gasteiger charge is -2.11. The quantitative estimate of drug-likeness (QED) is 0.491. The summed E-state index contributed by atoms with van der Waals surface area (Å²) in [5, 5.41) is 8.19. The van der Waals surface area contributed by atoms with E-state index in [0.717, 1.165) is 9.87 Å². The van der Waals surface area contributed by atoms with Crippen LogP contribution in [-0.4, -0.2) is 43.6 Å². The molecule has 2 aromatic carbocycles. The summed E-state index contributed by atoms with van der Waals surface area (Å²) in [6.45, 7) is -2.89. The van der Waals surface area contributed by atoms with E-state index in [-0.39, 0.29) is 16.5 Å². The van der Waals surface area contributed by atoms with Gasteiger partial charge in [-0.1, -0.05) is 23.9 Å². The molecule has 154 valence electrons. The summed E-state index contributed by atoms with van der Waals surface area (Å²) in [4.78, 5) is 0.206. The molecule has 0 aliphatic carbocycles. The second-order valence-corrected chi connectivity index (χ2v) is 9.08. The number of alkyl halides is 2. The van der Waals surface area contributed by atoms with Gasteiger partial charge in [0.1, 0.15) is 5.75 Å². The molecule has 29 heavy (non-hydrogen) atoms. The van der Waals surface area contributed by atoms with Crippen LogP contribution >= 0.6 is 11.8 Å². The van der Waals surface area contributed by atoms with Gasteiger partial charge >= 0.3 is 6.61 Å². The third-order valence-electron chi connectivity index (χ3n) is 3.77. The molecule has 1 aromatic heterocycles. The molecule has 0 fully saturated rings. The zero-order valence-electron chi connectivity index (χ0n) is 15.5. The highest BCUT2D eigenvalue weighted by atomic mass is 32.2. The Labute approximate surface area is 170 Å². The first kappa shape index (κ1) is 21.2. The predicted molar refractivity (Wildman–Crippen MR) is 103 cm³/mol. The molecule has 0 aliphatic rings. The fourth-order valence-electron chi connectivity index (χ4n) is 2.32. The van der Waals surface area contributed by atoms with Crippen LogP contribution in [-0.2, 0) is 15.8 Å². The Morgan fingerprint density at radius 2 is 1.86 bits per heavy atom. The number of nitrogens with zero attached hydrogens (tertiary/aromatic N) is 3. The van der Waals surface area contributed by atoms with Gasteiger partial charge in [-0.3, -0.25) is 0 Å². The summed E-state index contributed by atoms with van der Waals surface area (Å²) >= 11 is 1.26. The van der Waals surface area contributed by atoms with Crippen LogP contribution < -0.4 is 4.74 Å². The van der Waals surface area contributed by atoms with Crippen LogP contribution in [0.2, 0.25) is 0 Å². The first-order valence-corrected chi connectivity index (χ1v) is 10.7. The van der Waals surface area contributed by atoms with Crippen molar-refractivity contribution >= 4 is 21.8 Å². The molecule has 3 aromatic rings. The highest BCUT2D eigenvalue weighted by Crippen LogP contribution is 2.28. The molecule has 0 saturated carbocycles. The predicted octanol–water partition coefficient (Wildman–Crippen LogP) is 3.88. The number of sulfonamides is 1. The molecule has 0 unspecified atom stereocenters. The molecule has 0 saturated heterocycles. The number of ether oxygens (including phenoxy) is 1. The van der Waals surface area contributed by atoms with Crippen molar-refractivity contribution in [2.45, 2.75) is 22.5 Å². The summed E-state index contributed by atoms with van der Waals surface area (Å²) < 4.78 is 59.9. The second-order valence-electron chi connectivity index (χ2n) is 6.00. The van der Waals surface area contributed by atoms with E-state index < -0.39 is 16.6 Å². The van der Waals surface area contributed by atoms with E-state index in [9.17, 15) is 17.2 Å². The van der Waals surface area contributed by atoms with E-state index in [1.165, 1.54) is 56.2 Å². The Hall–Kier alpha value is -2.50. The summed E-state index contributed by atoms with van der Waals surface area (Å²) in [7, 11) is -0.560. The van der Waals surface area contributed by atoms with Crippen LogP contribution in [0.5, 0.6) is 5.75 Å². The van der Waals surface area contributed by atoms with E-state index in [1.807, 2.05) is 0 Å². The van der Waals surface area contributed by atoms with E-state index in [1.54, 1.807) is 18.2 Å². The molecule has 0 spiro atoms. The summed E-state index contributed by atoms with van der Waals surface area (Å²) in [6.07, 6.45) is 0. The number of hydrogen-bond donors (Lipinski definition) is 0. The Morgan fingerprint density at radius 3 is 2.52 bits per heavy atom. The van der Waals surface area contributed by atoms with Gasteiger partial charge in [0.2, 0.25) is 15.9 Å². The van der Waals surface area contributed by atoms with Crippen molar-refractivity contribution in [3.8, 4) is 17.2 Å². The smallest absolute Gasteiger partial charge is 0.387 e. The van der Waals surface area contributed by atoms with Crippen molar-refractivity contribution in [1.29, 1.82) is 0 Å². The number of benzene rings is 2. The molecule has 0 bridgehead atoms. The van der Waals surface area contributed by atoms with Crippen LogP contribution in [0, 0.1) is 0 Å². The Kier molecular flexibility index (Phi) is 6.50. The van der Waals surface area contributed by atoms with Crippen LogP contribution in [0.15, 0.2) is 63.1 Å². The van der Waals surface area contributed by atoms with Gasteiger partial charge in [-0.2, -0.15) is 8.78 Å². The third kappa shape index (κ3) is 5.31. The molecular weight excluding hydrogens is 424 g/mol. The highest BCUT2D eigenvalue weighted by molar-refractivity contribution is 7.98. The lowest BCUT2D eigenvalue weighted by molar-refractivity contribution is -0.0498. The van der Waals surface area contributed by atoms with Gasteiger partial charge in [0.15, 0.2) is 0 Å². The fourth-order valence-corrected chi connectivity index (χ4v) is 3.99. The van der Waals surface area contributed by atoms with Crippen LogP contribution in [0.4, 0.5) is 8.78 Å². The maximum atomic E-state index is 12.2. The van der Waals surface area contributed by atoms with E-state index in [4.69, 9.17) is 4.42 Å². The largest absolute Gasteiger partial charge is 0.435 e. The molecular formula is C18H17F2N3O4S2. The number of aromatic nitrogens is 2. The van der Waals surface area contributed by atoms with Crippen molar-refractivity contribution in [3.05, 3.63) is 54.1 Å². The Balaban J connectivity index is 1.67. The molecule has 0 radical (unpaired) electrons. The summed E-state index contributed by atoms with van der Waals surface area (Å²) in [6, 6.07) is 12.5. The molecule has 3 rings (SSSR count). The first-order chi connectivity index (χ1) is 13.8. The van der Waals surface area contributed by atoms with Gasteiger partial charge in [-0.15, -0.1) is 10.2 Å². The van der Waals surface area contributed by atoms with Gasteiger partial charge in [0.25, 0.3) is 5.22 Å². The number of halogens is 2. The minimum atomic E-state index is -3.51. The van der Waals surface area contributed by atoms with Gasteiger partial charge < -0.3 is 9.15 Å². The van der Waals surface area contributed by atoms with Crippen molar-refractivity contribution in [2.24, 2.45) is 0 Å². The number of thioether (sulfide) groups is 1. The lowest BCUT2D eigenvalue weighted by Crippen LogP contribution is -2.22. The van der Waals surface area contributed by atoms with Crippen LogP contribution in [0.3, 0.4) is 0 Å². The Morgan fingerprint density at radius 1 is 1.14 bits per heavy atom. The van der Waals surface area contributed by atoms with Gasteiger partial charge in [-0.25, -0.2) is 12.7 Å². The molecule has 0 aliphatic heterocycles. The normalized spacial score (nSPS) is 11.9. The van der Waals surface area contributed by atoms with E-state index in [0.29, 0.717) is 16.5 Å². The van der Waals surface area contributed by atoms with Gasteiger partial charge in [0.05, 0.1) is 4.90 Å². The molecule has 11 heteroatoms. The summed E-state index contributed by atoms with van der Waals surface area (Å²) in [5.41, 5.74) is 1.34. The van der Waals surface area contributed by atoms with Crippen LogP contribution in [0.25, 0.3) is 11.5 Å². The number of hydrogen-bond acceptors (Lipinski definition) is 7. The second kappa shape index (κ2) is 8.89. The monoisotopic (exact) mass is 441 g/mol. The SMILES string of the molecule is CN(C)S(=O)(=O)c1cccc(CSc2nnc(-c3ccc(OC(F)F)cc3)o2)c1. The van der Waals surface area contributed by atoms with Crippen LogP contribution in [0.1, 0.15) is 5.56 Å². The first-order valence-electron chi connectivity index (χ1n) is 8.29. The third-order valence-corrected chi connectivity index (χ3v) is 6.47. The lowest BCUT2D eigenvalue weighted by atomic mass is 10.2. The van der Waals surface area contributed by atoms with Crippen molar-refractivity contribution < 1.29 is 26.4 Å². The average Bonchev–Trinajstić information content (AvgIpc) is 3.15. The van der Waals surface area contributed by atoms with Crippen molar-refractivity contribution in [1.82, 2.24) is 14.5 Å². The maximum Gasteiger partial charge on any atom is 0.387 e. The van der Waals surface area contributed by atoms with Gasteiger partial charge in [0, 0.05) is 25.4 Å². The molecule has 1 heterocycles. The molecule has 0 atom stereocenters. The Bertz CT molecular complexity index is 1070. The maximum absolute atomic E-state index is 12.2. The molecule has 7 nitrogen and oxygen atoms in total. The van der Waals surface area contributed by atoms with E-state index >= 15 is 0 Å². The minimum Gasteiger partial charge on any atom is -0.435 e. The van der Waals surface area contributed by atoms with Crippen molar-refractivity contribution in [3.63, 3.8) is 0 Å². The molecule has 0 amide bonds. The van der Waals surface area contributed by atoms with Gasteiger partial charge in [-0.05, 0) is 42.0 Å². The summed E-state index contributed by atoms with van der Waals surface area (Å²) in [5.74, 6) is 0.699. The zero-order valence-corrected chi connectivity index (χ0v) is 17.1. The highest BCUT2D eigenvalue weighted by Gasteiger charge is 2.17. The standard InChI is InChI=1S/C18H17F2N3O4S2/c1-23(2)29(24,25)15-5-3-4-12(10-15)11-28-18-22-21-16(27-18)13-6-8-14(9-7-13)26-17(19)20/h3-10,17H,11H2,1-2H3.